The molecule has 5 nitrogen and oxygen atoms in total. The van der Waals surface area contributed by atoms with Crippen molar-refractivity contribution in [3.8, 4) is 16.9 Å². The average molecular weight is 429 g/mol. The zero-order valence-electron chi connectivity index (χ0n) is 14.6. The Balaban J connectivity index is 0.00000121. The maximum Gasteiger partial charge on any atom is 0.198 e. The molecule has 144 valence electrons. The van der Waals surface area contributed by atoms with E-state index in [4.69, 9.17) is 0 Å². The highest BCUT2D eigenvalue weighted by molar-refractivity contribution is 6.28. The van der Waals surface area contributed by atoms with Gasteiger partial charge in [-0.2, -0.15) is 0 Å². The van der Waals surface area contributed by atoms with Crippen LogP contribution in [0.4, 0.5) is 5.82 Å². The summed E-state index contributed by atoms with van der Waals surface area (Å²) in [5, 5.41) is 17.0. The molecule has 4 rings (SSSR count). The number of nitrogens with one attached hydrogen (secondary N) is 2. The first-order chi connectivity index (χ1) is 11.6. The van der Waals surface area contributed by atoms with Gasteiger partial charge in [0.05, 0.1) is 17.2 Å². The highest BCUT2D eigenvalue weighted by Crippen LogP contribution is 2.44. The van der Waals surface area contributed by atoms with Crippen LogP contribution >= 0.6 is 37.2 Å². The van der Waals surface area contributed by atoms with Gasteiger partial charge in [-0.25, -0.2) is 4.98 Å². The summed E-state index contributed by atoms with van der Waals surface area (Å²) in [7, 11) is 1.83. The Kier molecular flexibility index (Phi) is 7.46. The first kappa shape index (κ1) is 23.0. The number of halogens is 3. The molecule has 0 fully saturated rings. The molecule has 0 radical (unpaired) electrons. The zero-order valence-corrected chi connectivity index (χ0v) is 17.1. The van der Waals surface area contributed by atoms with Gasteiger partial charge in [0, 0.05) is 22.6 Å². The van der Waals surface area contributed by atoms with E-state index in [0.717, 1.165) is 16.5 Å². The summed E-state index contributed by atoms with van der Waals surface area (Å²) in [4.78, 5) is 17.5. The number of hydrogen-bond donors (Lipinski definition) is 3. The fourth-order valence-electron chi connectivity index (χ4n) is 3.17. The number of carbonyl (C=O) groups excluding carboxylic acids is 1. The molecule has 2 aromatic carbocycles. The number of ketones is 1. The van der Waals surface area contributed by atoms with E-state index in [9.17, 15) is 9.90 Å². The lowest BCUT2D eigenvalue weighted by molar-refractivity contribution is 0.104. The standard InChI is InChI=1S/C19H17N3O2.3ClH/c1-10(20-2)21-19-17-16(12-5-3-4-6-13(12)18(17)24)14-8-7-11(23)9-15(14)22-19;;;/h3-10,20,23H,1-2H3,(H,21,22);3*1H. The summed E-state index contributed by atoms with van der Waals surface area (Å²) in [6, 6.07) is 12.7. The molecule has 0 bridgehead atoms. The molecule has 8 heteroatoms. The van der Waals surface area contributed by atoms with Gasteiger partial charge in [-0.15, -0.1) is 37.2 Å². The molecule has 27 heavy (non-hydrogen) atoms. The minimum absolute atomic E-state index is 0. The second-order valence-corrected chi connectivity index (χ2v) is 5.94. The summed E-state index contributed by atoms with van der Waals surface area (Å²) >= 11 is 0. The van der Waals surface area contributed by atoms with Gasteiger partial charge in [0.2, 0.25) is 0 Å². The topological polar surface area (TPSA) is 74.2 Å². The van der Waals surface area contributed by atoms with E-state index in [-0.39, 0.29) is 54.9 Å². The Bertz CT molecular complexity index is 995. The van der Waals surface area contributed by atoms with Crippen molar-refractivity contribution in [1.29, 1.82) is 0 Å². The smallest absolute Gasteiger partial charge is 0.198 e. The van der Waals surface area contributed by atoms with Crippen LogP contribution in [0.2, 0.25) is 0 Å². The van der Waals surface area contributed by atoms with Crippen LogP contribution in [0.15, 0.2) is 42.5 Å². The second-order valence-electron chi connectivity index (χ2n) is 5.94. The van der Waals surface area contributed by atoms with Crippen molar-refractivity contribution < 1.29 is 9.90 Å². The van der Waals surface area contributed by atoms with Crippen molar-refractivity contribution in [2.24, 2.45) is 0 Å². The lowest BCUT2D eigenvalue weighted by Crippen LogP contribution is -2.31. The van der Waals surface area contributed by atoms with Gasteiger partial charge in [-0.1, -0.05) is 24.3 Å². The van der Waals surface area contributed by atoms with E-state index in [2.05, 4.69) is 15.6 Å². The number of anilines is 1. The third-order valence-corrected chi connectivity index (χ3v) is 4.42. The van der Waals surface area contributed by atoms with Crippen molar-refractivity contribution >= 4 is 59.7 Å². The third kappa shape index (κ3) is 3.69. The Morgan fingerprint density at radius 3 is 2.33 bits per heavy atom. The van der Waals surface area contributed by atoms with Gasteiger partial charge in [0.15, 0.2) is 5.78 Å². The number of phenolic OH excluding ortho intramolecular Hbond substituents is 1. The number of aromatic nitrogens is 1. The number of fused-ring (bicyclic) bond motifs is 5. The molecule has 1 aromatic heterocycles. The predicted octanol–water partition coefficient (Wildman–Crippen LogP) is 4.39. The highest BCUT2D eigenvalue weighted by atomic mass is 35.5. The molecular weight excluding hydrogens is 409 g/mol. The number of phenols is 1. The van der Waals surface area contributed by atoms with Crippen molar-refractivity contribution in [2.45, 2.75) is 13.1 Å². The van der Waals surface area contributed by atoms with Crippen molar-refractivity contribution in [3.05, 3.63) is 53.6 Å². The van der Waals surface area contributed by atoms with Gasteiger partial charge < -0.3 is 15.7 Å². The van der Waals surface area contributed by atoms with Crippen LogP contribution in [0.1, 0.15) is 22.8 Å². The van der Waals surface area contributed by atoms with Crippen molar-refractivity contribution in [1.82, 2.24) is 10.3 Å². The summed E-state index contributed by atoms with van der Waals surface area (Å²) in [5.41, 5.74) is 3.73. The number of pyridine rings is 1. The lowest BCUT2D eigenvalue weighted by Gasteiger charge is -2.17. The predicted molar refractivity (Wildman–Crippen MR) is 116 cm³/mol. The van der Waals surface area contributed by atoms with Crippen LogP contribution in [0, 0.1) is 0 Å². The minimum Gasteiger partial charge on any atom is -0.508 e. The van der Waals surface area contributed by atoms with Gasteiger partial charge in [-0.3, -0.25) is 4.79 Å². The number of aromatic hydroxyl groups is 1. The summed E-state index contributed by atoms with van der Waals surface area (Å²) in [6.45, 7) is 1.95. The number of hydrogen-bond acceptors (Lipinski definition) is 5. The van der Waals surface area contributed by atoms with E-state index < -0.39 is 0 Å². The Hall–Kier alpha value is -2.05. The second kappa shape index (κ2) is 8.76. The van der Waals surface area contributed by atoms with E-state index in [1.165, 1.54) is 0 Å². The molecule has 0 amide bonds. The largest absolute Gasteiger partial charge is 0.508 e. The maximum atomic E-state index is 12.9. The molecule has 1 atom stereocenters. The van der Waals surface area contributed by atoms with Crippen LogP contribution < -0.4 is 10.6 Å². The molecule has 3 aromatic rings. The first-order valence-corrected chi connectivity index (χ1v) is 7.85. The molecule has 0 spiro atoms. The van der Waals surface area contributed by atoms with Crippen LogP contribution in [-0.4, -0.2) is 29.1 Å². The van der Waals surface area contributed by atoms with Crippen LogP contribution in [0.3, 0.4) is 0 Å². The molecule has 1 aliphatic rings. The molecular formula is C19H20Cl3N3O2. The lowest BCUT2D eigenvalue weighted by atomic mass is 10.0. The SMILES string of the molecule is CNC(C)Nc1nc2cc(O)ccc2c2c1C(=O)c1ccccc1-2.Cl.Cl.Cl. The quantitative estimate of drug-likeness (QED) is 0.422. The highest BCUT2D eigenvalue weighted by Gasteiger charge is 2.32. The molecule has 1 unspecified atom stereocenters. The van der Waals surface area contributed by atoms with Crippen LogP contribution in [0.25, 0.3) is 22.0 Å². The summed E-state index contributed by atoms with van der Waals surface area (Å²) < 4.78 is 0. The van der Waals surface area contributed by atoms with E-state index in [0.29, 0.717) is 22.5 Å². The van der Waals surface area contributed by atoms with E-state index in [1.54, 1.807) is 12.1 Å². The molecule has 1 aliphatic carbocycles. The monoisotopic (exact) mass is 427 g/mol. The third-order valence-electron chi connectivity index (χ3n) is 4.42. The average Bonchev–Trinajstić information content (AvgIpc) is 2.88. The first-order valence-electron chi connectivity index (χ1n) is 7.85. The molecule has 0 aliphatic heterocycles. The van der Waals surface area contributed by atoms with Gasteiger partial charge in [-0.05, 0) is 31.7 Å². The molecule has 3 N–H and O–H groups in total. The van der Waals surface area contributed by atoms with Crippen LogP contribution in [-0.2, 0) is 0 Å². The normalized spacial score (nSPS) is 12.1. The fraction of sp³-hybridized carbons (Fsp3) is 0.158. The maximum absolute atomic E-state index is 12.9. The zero-order chi connectivity index (χ0) is 16.8. The minimum atomic E-state index is -0.0483. The summed E-state index contributed by atoms with van der Waals surface area (Å²) in [5.74, 6) is 0.667. The summed E-state index contributed by atoms with van der Waals surface area (Å²) in [6.07, 6.45) is -0.0483. The number of nitrogens with zero attached hydrogens (tertiary/aromatic N) is 1. The number of benzene rings is 2. The van der Waals surface area contributed by atoms with E-state index in [1.807, 2.05) is 44.3 Å². The molecule has 0 saturated carbocycles. The van der Waals surface area contributed by atoms with Gasteiger partial charge in [0.1, 0.15) is 11.6 Å². The van der Waals surface area contributed by atoms with E-state index >= 15 is 0 Å². The molecule has 1 heterocycles. The Morgan fingerprint density at radius 2 is 1.67 bits per heavy atom. The Morgan fingerprint density at radius 1 is 1.00 bits per heavy atom. The molecule has 0 saturated heterocycles. The van der Waals surface area contributed by atoms with Crippen molar-refractivity contribution in [3.63, 3.8) is 0 Å². The number of carbonyl (C=O) groups is 1. The fourth-order valence-corrected chi connectivity index (χ4v) is 3.17. The van der Waals surface area contributed by atoms with Crippen molar-refractivity contribution in [2.75, 3.05) is 12.4 Å². The number of rotatable bonds is 3. The van der Waals surface area contributed by atoms with Gasteiger partial charge >= 0.3 is 0 Å². The van der Waals surface area contributed by atoms with Crippen LogP contribution in [0.5, 0.6) is 5.75 Å². The Labute approximate surface area is 175 Å². The van der Waals surface area contributed by atoms with Gasteiger partial charge in [0.25, 0.3) is 0 Å².